The zero-order chi connectivity index (χ0) is 15.9. The highest BCUT2D eigenvalue weighted by Gasteiger charge is 2.20. The number of hydrogen-bond donors (Lipinski definition) is 2. The van der Waals surface area contributed by atoms with Crippen molar-refractivity contribution in [2.75, 3.05) is 0 Å². The zero-order valence-electron chi connectivity index (χ0n) is 11.5. The number of nitrogens with one attached hydrogen (secondary N) is 1. The Morgan fingerprint density at radius 3 is 2.86 bits per heavy atom. The third kappa shape index (κ3) is 2.39. The van der Waals surface area contributed by atoms with Crippen LogP contribution in [0.4, 0.5) is 8.78 Å². The van der Waals surface area contributed by atoms with Crippen LogP contribution in [0.3, 0.4) is 0 Å². The molecule has 5 nitrogen and oxygen atoms in total. The Labute approximate surface area is 129 Å². The van der Waals surface area contributed by atoms with E-state index in [1.54, 1.807) is 0 Å². The second-order valence-electron chi connectivity index (χ2n) is 4.72. The molecule has 3 aromatic rings. The summed E-state index contributed by atoms with van der Waals surface area (Å²) < 4.78 is 28.4. The molecule has 0 saturated carbocycles. The summed E-state index contributed by atoms with van der Waals surface area (Å²) in [4.78, 5) is 20.4. The van der Waals surface area contributed by atoms with E-state index in [1.165, 1.54) is 22.7 Å². The summed E-state index contributed by atoms with van der Waals surface area (Å²) in [5.74, 6) is -1.19. The predicted octanol–water partition coefficient (Wildman–Crippen LogP) is 2.28. The average molecular weight is 322 g/mol. The molecule has 0 amide bonds. The number of rotatable bonds is 3. The standard InChI is InChI=1S/C14H12F2N4OS/c1-2-10-18-14-17-9(6-11(21)20(14)19-10)13(22)7-4-3-5-8(15)12(7)16/h3-6,13,22H,2H2,1H3,(H,17,18,19). The third-order valence-corrected chi connectivity index (χ3v) is 3.83. The lowest BCUT2D eigenvalue weighted by molar-refractivity contribution is 0.500. The van der Waals surface area contributed by atoms with Crippen LogP contribution in [0.25, 0.3) is 5.78 Å². The smallest absolute Gasteiger partial charge is 0.274 e. The summed E-state index contributed by atoms with van der Waals surface area (Å²) in [6.07, 6.45) is 0.612. The Morgan fingerprint density at radius 1 is 1.36 bits per heavy atom. The van der Waals surface area contributed by atoms with Crippen LogP contribution in [0.5, 0.6) is 0 Å². The molecule has 2 heterocycles. The van der Waals surface area contributed by atoms with E-state index in [2.05, 4.69) is 27.7 Å². The molecular weight excluding hydrogens is 310 g/mol. The SMILES string of the molecule is CCc1nc2nc(C(S)c3cccc(F)c3F)cc(=O)n2[nH]1. The maximum Gasteiger partial charge on any atom is 0.274 e. The number of thiol groups is 1. The molecule has 1 aromatic carbocycles. The van der Waals surface area contributed by atoms with E-state index < -0.39 is 16.9 Å². The second-order valence-corrected chi connectivity index (χ2v) is 5.24. The first kappa shape index (κ1) is 14.7. The van der Waals surface area contributed by atoms with Crippen molar-refractivity contribution in [3.63, 3.8) is 0 Å². The average Bonchev–Trinajstić information content (AvgIpc) is 2.93. The van der Waals surface area contributed by atoms with Crippen molar-refractivity contribution < 1.29 is 8.78 Å². The van der Waals surface area contributed by atoms with E-state index in [0.717, 1.165) is 6.07 Å². The molecule has 0 aliphatic rings. The van der Waals surface area contributed by atoms with Crippen LogP contribution in [0.1, 0.15) is 29.3 Å². The highest BCUT2D eigenvalue weighted by Crippen LogP contribution is 2.29. The first-order chi connectivity index (χ1) is 10.5. The van der Waals surface area contributed by atoms with Crippen LogP contribution in [-0.4, -0.2) is 19.6 Å². The molecule has 1 N–H and O–H groups in total. The molecular formula is C14H12F2N4OS. The summed E-state index contributed by atoms with van der Waals surface area (Å²) in [7, 11) is 0. The van der Waals surface area contributed by atoms with Gasteiger partial charge in [-0.3, -0.25) is 9.89 Å². The van der Waals surface area contributed by atoms with Crippen LogP contribution < -0.4 is 5.56 Å². The molecule has 1 atom stereocenters. The van der Waals surface area contributed by atoms with Crippen molar-refractivity contribution in [3.05, 3.63) is 63.3 Å². The van der Waals surface area contributed by atoms with Gasteiger partial charge < -0.3 is 0 Å². The minimum absolute atomic E-state index is 0.0193. The minimum Gasteiger partial charge on any atom is -0.275 e. The molecule has 2 aromatic heterocycles. The van der Waals surface area contributed by atoms with Gasteiger partial charge in [0.2, 0.25) is 0 Å². The van der Waals surface area contributed by atoms with Crippen LogP contribution in [-0.2, 0) is 6.42 Å². The number of H-pyrrole nitrogens is 1. The molecule has 0 bridgehead atoms. The van der Waals surface area contributed by atoms with Gasteiger partial charge in [0.05, 0.1) is 10.9 Å². The summed E-state index contributed by atoms with van der Waals surface area (Å²) >= 11 is 4.27. The molecule has 0 fully saturated rings. The van der Waals surface area contributed by atoms with E-state index in [-0.39, 0.29) is 22.6 Å². The quantitative estimate of drug-likeness (QED) is 0.727. The van der Waals surface area contributed by atoms with Gasteiger partial charge in [-0.15, -0.1) is 0 Å². The molecule has 0 aliphatic carbocycles. The van der Waals surface area contributed by atoms with E-state index in [0.29, 0.717) is 12.2 Å². The van der Waals surface area contributed by atoms with Crippen LogP contribution >= 0.6 is 12.6 Å². The number of aromatic nitrogens is 4. The van der Waals surface area contributed by atoms with Gasteiger partial charge in [-0.25, -0.2) is 13.8 Å². The second kappa shape index (κ2) is 5.53. The van der Waals surface area contributed by atoms with Gasteiger partial charge in [0.1, 0.15) is 5.82 Å². The largest absolute Gasteiger partial charge is 0.275 e. The number of nitrogens with zero attached hydrogens (tertiary/aromatic N) is 3. The molecule has 114 valence electrons. The summed E-state index contributed by atoms with van der Waals surface area (Å²) in [6, 6.07) is 5.03. The van der Waals surface area contributed by atoms with Crippen molar-refractivity contribution in [1.82, 2.24) is 19.6 Å². The van der Waals surface area contributed by atoms with Gasteiger partial charge in [-0.2, -0.15) is 22.1 Å². The third-order valence-electron chi connectivity index (χ3n) is 3.29. The lowest BCUT2D eigenvalue weighted by Gasteiger charge is -2.11. The molecule has 0 aliphatic heterocycles. The lowest BCUT2D eigenvalue weighted by atomic mass is 10.1. The molecule has 1 unspecified atom stereocenters. The van der Waals surface area contributed by atoms with Crippen molar-refractivity contribution in [3.8, 4) is 0 Å². The summed E-state index contributed by atoms with van der Waals surface area (Å²) in [6.45, 7) is 1.88. The van der Waals surface area contributed by atoms with Gasteiger partial charge in [0.25, 0.3) is 11.3 Å². The van der Waals surface area contributed by atoms with Gasteiger partial charge in [-0.05, 0) is 6.07 Å². The van der Waals surface area contributed by atoms with E-state index in [9.17, 15) is 13.6 Å². The van der Waals surface area contributed by atoms with Gasteiger partial charge >= 0.3 is 0 Å². The topological polar surface area (TPSA) is 63.1 Å². The predicted molar refractivity (Wildman–Crippen MR) is 80.2 cm³/mol. The molecule has 0 spiro atoms. The number of aromatic amines is 1. The first-order valence-electron chi connectivity index (χ1n) is 6.61. The fourth-order valence-corrected chi connectivity index (χ4v) is 2.46. The first-order valence-corrected chi connectivity index (χ1v) is 7.13. The molecule has 22 heavy (non-hydrogen) atoms. The fourth-order valence-electron chi connectivity index (χ4n) is 2.13. The highest BCUT2D eigenvalue weighted by molar-refractivity contribution is 7.80. The molecule has 8 heteroatoms. The lowest BCUT2D eigenvalue weighted by Crippen LogP contribution is -2.17. The number of halogens is 2. The van der Waals surface area contributed by atoms with Crippen molar-refractivity contribution >= 4 is 18.4 Å². The number of aryl methyl sites for hydroxylation is 1. The van der Waals surface area contributed by atoms with Crippen LogP contribution in [0.2, 0.25) is 0 Å². The zero-order valence-corrected chi connectivity index (χ0v) is 12.4. The number of fused-ring (bicyclic) bond motifs is 1. The fraction of sp³-hybridized carbons (Fsp3) is 0.214. The summed E-state index contributed by atoms with van der Waals surface area (Å²) in [5.41, 5.74) is -0.152. The van der Waals surface area contributed by atoms with Crippen molar-refractivity contribution in [2.24, 2.45) is 0 Å². The Bertz CT molecular complexity index is 905. The van der Waals surface area contributed by atoms with Gasteiger partial charge in [0.15, 0.2) is 11.6 Å². The molecule has 0 radical (unpaired) electrons. The van der Waals surface area contributed by atoms with Crippen LogP contribution in [0.15, 0.2) is 29.1 Å². The maximum absolute atomic E-state index is 13.9. The van der Waals surface area contributed by atoms with E-state index in [1.807, 2.05) is 6.92 Å². The van der Waals surface area contributed by atoms with E-state index >= 15 is 0 Å². The van der Waals surface area contributed by atoms with Gasteiger partial charge in [-0.1, -0.05) is 19.1 Å². The Balaban J connectivity index is 2.13. The molecule has 3 rings (SSSR count). The minimum atomic E-state index is -0.999. The van der Waals surface area contributed by atoms with Crippen molar-refractivity contribution in [1.29, 1.82) is 0 Å². The number of benzene rings is 1. The maximum atomic E-state index is 13.9. The normalized spacial score (nSPS) is 12.7. The Morgan fingerprint density at radius 2 is 2.14 bits per heavy atom. The van der Waals surface area contributed by atoms with Crippen LogP contribution in [0, 0.1) is 11.6 Å². The van der Waals surface area contributed by atoms with E-state index in [4.69, 9.17) is 0 Å². The van der Waals surface area contributed by atoms with Crippen molar-refractivity contribution in [2.45, 2.75) is 18.6 Å². The monoisotopic (exact) mass is 322 g/mol. The molecule has 0 saturated heterocycles. The highest BCUT2D eigenvalue weighted by atomic mass is 32.1. The van der Waals surface area contributed by atoms with Gasteiger partial charge in [0, 0.05) is 18.1 Å². The Hall–Kier alpha value is -2.22. The number of hydrogen-bond acceptors (Lipinski definition) is 4. The summed E-state index contributed by atoms with van der Waals surface area (Å²) in [5, 5.41) is 1.95. The Kier molecular flexibility index (Phi) is 3.69.